The van der Waals surface area contributed by atoms with Crippen LogP contribution in [0.15, 0.2) is 24.3 Å². The molecular weight excluding hydrogens is 364 g/mol. The third-order valence-electron chi connectivity index (χ3n) is 5.01. The molecular formula is C19H32N4O3S. The molecule has 8 heteroatoms. The summed E-state index contributed by atoms with van der Waals surface area (Å²) in [5, 5.41) is 2.87. The Balaban J connectivity index is 1.99. The maximum absolute atomic E-state index is 12.7. The van der Waals surface area contributed by atoms with Gasteiger partial charge in [0, 0.05) is 33.2 Å². The Hall–Kier alpha value is -1.64. The number of aryl methyl sites for hydroxylation is 1. The van der Waals surface area contributed by atoms with Crippen LogP contribution >= 0.6 is 0 Å². The van der Waals surface area contributed by atoms with Gasteiger partial charge in [-0.2, -0.15) is 12.7 Å². The second-order valence-corrected chi connectivity index (χ2v) is 9.43. The zero-order chi connectivity index (χ0) is 20.0. The van der Waals surface area contributed by atoms with Gasteiger partial charge < -0.3 is 5.32 Å². The van der Waals surface area contributed by atoms with Crippen LogP contribution in [-0.2, 0) is 15.0 Å². The first-order valence-electron chi connectivity index (χ1n) is 9.49. The number of hydrogen-bond donors (Lipinski definition) is 1. The van der Waals surface area contributed by atoms with Crippen LogP contribution in [-0.4, -0.2) is 69.8 Å². The molecule has 0 bridgehead atoms. The molecule has 2 rings (SSSR count). The zero-order valence-electron chi connectivity index (χ0n) is 16.8. The summed E-state index contributed by atoms with van der Waals surface area (Å²) in [5.74, 6) is -0.300. The molecule has 0 unspecified atom stereocenters. The molecule has 1 fully saturated rings. The third-order valence-corrected chi connectivity index (χ3v) is 6.83. The van der Waals surface area contributed by atoms with Crippen LogP contribution < -0.4 is 9.62 Å². The monoisotopic (exact) mass is 396 g/mol. The first kappa shape index (κ1) is 21.7. The van der Waals surface area contributed by atoms with Crippen LogP contribution in [0.2, 0.25) is 0 Å². The summed E-state index contributed by atoms with van der Waals surface area (Å²) in [6.45, 7) is 6.28. The van der Waals surface area contributed by atoms with Gasteiger partial charge in [-0.15, -0.1) is 0 Å². The second kappa shape index (κ2) is 9.52. The van der Waals surface area contributed by atoms with Crippen LogP contribution in [0.3, 0.4) is 0 Å². The summed E-state index contributed by atoms with van der Waals surface area (Å²) in [6, 6.07) is 7.65. The number of nitrogens with zero attached hydrogens (tertiary/aromatic N) is 3. The van der Waals surface area contributed by atoms with Gasteiger partial charge in [0.2, 0.25) is 5.91 Å². The standard InChI is InChI=1S/C19H32N4O3S/c1-16-8-10-18(11-9-16)23(27(25,26)21(3)4)15-19(24)20-12-14-22-13-6-5-7-17(22)2/h8-11,17H,5-7,12-15H2,1-4H3,(H,20,24)/t17-/m0/s1. The van der Waals surface area contributed by atoms with Gasteiger partial charge in [-0.25, -0.2) is 4.31 Å². The molecule has 0 aromatic heterocycles. The van der Waals surface area contributed by atoms with Crippen LogP contribution in [0.1, 0.15) is 31.7 Å². The van der Waals surface area contributed by atoms with Crippen molar-refractivity contribution in [3.8, 4) is 0 Å². The zero-order valence-corrected chi connectivity index (χ0v) is 17.6. The Labute approximate surface area is 163 Å². The number of anilines is 1. The van der Waals surface area contributed by atoms with E-state index >= 15 is 0 Å². The lowest BCUT2D eigenvalue weighted by Crippen LogP contribution is -2.47. The summed E-state index contributed by atoms with van der Waals surface area (Å²) in [7, 11) is -0.830. The number of hydrogen-bond acceptors (Lipinski definition) is 4. The van der Waals surface area contributed by atoms with Gasteiger partial charge >= 0.3 is 10.2 Å². The number of piperidine rings is 1. The van der Waals surface area contributed by atoms with E-state index in [9.17, 15) is 13.2 Å². The van der Waals surface area contributed by atoms with Crippen molar-refractivity contribution in [2.75, 3.05) is 44.6 Å². The van der Waals surface area contributed by atoms with Crippen molar-refractivity contribution >= 4 is 21.8 Å². The highest BCUT2D eigenvalue weighted by molar-refractivity contribution is 7.90. The first-order valence-corrected chi connectivity index (χ1v) is 10.9. The molecule has 1 saturated heterocycles. The SMILES string of the molecule is Cc1ccc(N(CC(=O)NCCN2CCCC[C@@H]2C)S(=O)(=O)N(C)C)cc1. The summed E-state index contributed by atoms with van der Waals surface area (Å²) < 4.78 is 27.6. The highest BCUT2D eigenvalue weighted by Gasteiger charge is 2.27. The summed E-state index contributed by atoms with van der Waals surface area (Å²) in [6.07, 6.45) is 3.65. The molecule has 1 heterocycles. The minimum absolute atomic E-state index is 0.237. The minimum Gasteiger partial charge on any atom is -0.353 e. The van der Waals surface area contributed by atoms with Gasteiger partial charge in [-0.1, -0.05) is 24.1 Å². The van der Waals surface area contributed by atoms with Crippen molar-refractivity contribution in [3.63, 3.8) is 0 Å². The lowest BCUT2D eigenvalue weighted by atomic mass is 10.0. The Morgan fingerprint density at radius 1 is 1.22 bits per heavy atom. The lowest BCUT2D eigenvalue weighted by Gasteiger charge is -2.33. The van der Waals surface area contributed by atoms with E-state index in [4.69, 9.17) is 0 Å². The van der Waals surface area contributed by atoms with E-state index in [0.717, 1.165) is 27.3 Å². The largest absolute Gasteiger partial charge is 0.353 e. The van der Waals surface area contributed by atoms with E-state index in [0.29, 0.717) is 18.3 Å². The molecule has 0 radical (unpaired) electrons. The molecule has 152 valence electrons. The van der Waals surface area contributed by atoms with Gasteiger partial charge in [-0.3, -0.25) is 9.69 Å². The quantitative estimate of drug-likeness (QED) is 0.724. The molecule has 1 N–H and O–H groups in total. The van der Waals surface area contributed by atoms with Gasteiger partial charge in [0.1, 0.15) is 6.54 Å². The number of amides is 1. The molecule has 0 saturated carbocycles. The van der Waals surface area contributed by atoms with E-state index in [1.807, 2.05) is 19.1 Å². The van der Waals surface area contributed by atoms with Crippen LogP contribution in [0.25, 0.3) is 0 Å². The van der Waals surface area contributed by atoms with Gasteiger partial charge in [-0.05, 0) is 45.4 Å². The molecule has 1 amide bonds. The van der Waals surface area contributed by atoms with Gasteiger partial charge in [0.05, 0.1) is 5.69 Å². The summed E-state index contributed by atoms with van der Waals surface area (Å²) >= 11 is 0. The third kappa shape index (κ3) is 5.92. The normalized spacial score (nSPS) is 18.5. The molecule has 27 heavy (non-hydrogen) atoms. The predicted octanol–water partition coefficient (Wildman–Crippen LogP) is 1.60. The Bertz CT molecular complexity index is 719. The number of likely N-dealkylation sites (tertiary alicyclic amines) is 1. The predicted molar refractivity (Wildman–Crippen MR) is 109 cm³/mol. The minimum atomic E-state index is -3.76. The van der Waals surface area contributed by atoms with Gasteiger partial charge in [0.25, 0.3) is 0 Å². The molecule has 1 atom stereocenters. The maximum Gasteiger partial charge on any atom is 0.304 e. The number of nitrogens with one attached hydrogen (secondary N) is 1. The molecule has 1 aliphatic heterocycles. The molecule has 1 aromatic carbocycles. The van der Waals surface area contributed by atoms with Crippen LogP contribution in [0.5, 0.6) is 0 Å². The number of carbonyl (C=O) groups is 1. The number of rotatable bonds is 8. The van der Waals surface area contributed by atoms with Gasteiger partial charge in [0.15, 0.2) is 0 Å². The fraction of sp³-hybridized carbons (Fsp3) is 0.632. The van der Waals surface area contributed by atoms with E-state index in [-0.39, 0.29) is 12.5 Å². The van der Waals surface area contributed by atoms with E-state index in [1.165, 1.54) is 33.4 Å². The maximum atomic E-state index is 12.7. The average molecular weight is 397 g/mol. The molecule has 1 aromatic rings. The highest BCUT2D eigenvalue weighted by atomic mass is 32.2. The molecule has 0 spiro atoms. The van der Waals surface area contributed by atoms with E-state index in [1.54, 1.807) is 12.1 Å². The fourth-order valence-electron chi connectivity index (χ4n) is 3.23. The summed E-state index contributed by atoms with van der Waals surface area (Å²) in [5.41, 5.74) is 1.51. The molecule has 1 aliphatic rings. The van der Waals surface area contributed by atoms with Crippen molar-refractivity contribution in [1.29, 1.82) is 0 Å². The average Bonchev–Trinajstić information content (AvgIpc) is 2.62. The number of benzene rings is 1. The highest BCUT2D eigenvalue weighted by Crippen LogP contribution is 2.20. The molecule has 0 aliphatic carbocycles. The van der Waals surface area contributed by atoms with Crippen molar-refractivity contribution < 1.29 is 13.2 Å². The fourth-order valence-corrected chi connectivity index (χ4v) is 4.29. The van der Waals surface area contributed by atoms with Crippen molar-refractivity contribution in [3.05, 3.63) is 29.8 Å². The van der Waals surface area contributed by atoms with Crippen LogP contribution in [0.4, 0.5) is 5.69 Å². The lowest BCUT2D eigenvalue weighted by molar-refractivity contribution is -0.119. The first-order chi connectivity index (χ1) is 12.7. The second-order valence-electron chi connectivity index (χ2n) is 7.36. The van der Waals surface area contributed by atoms with Crippen molar-refractivity contribution in [1.82, 2.24) is 14.5 Å². The van der Waals surface area contributed by atoms with Crippen molar-refractivity contribution in [2.45, 2.75) is 39.2 Å². The Kier molecular flexibility index (Phi) is 7.64. The van der Waals surface area contributed by atoms with E-state index < -0.39 is 10.2 Å². The summed E-state index contributed by atoms with van der Waals surface area (Å²) in [4.78, 5) is 14.8. The smallest absolute Gasteiger partial charge is 0.304 e. The topological polar surface area (TPSA) is 73.0 Å². The van der Waals surface area contributed by atoms with E-state index in [2.05, 4.69) is 17.1 Å². The Morgan fingerprint density at radius 3 is 2.48 bits per heavy atom. The Morgan fingerprint density at radius 2 is 1.89 bits per heavy atom. The van der Waals surface area contributed by atoms with Crippen molar-refractivity contribution in [2.24, 2.45) is 0 Å². The van der Waals surface area contributed by atoms with Crippen LogP contribution in [0, 0.1) is 6.92 Å². The molecule has 7 nitrogen and oxygen atoms in total. The number of carbonyl (C=O) groups excluding carboxylic acids is 1.